The van der Waals surface area contributed by atoms with Gasteiger partial charge in [-0.05, 0) is 12.8 Å². The molecule has 2 N–H and O–H groups in total. The lowest BCUT2D eigenvalue weighted by atomic mass is 9.53. The molecule has 0 aromatic heterocycles. The van der Waals surface area contributed by atoms with E-state index in [1.54, 1.807) is 14.2 Å². The van der Waals surface area contributed by atoms with Gasteiger partial charge in [-0.15, -0.1) is 0 Å². The van der Waals surface area contributed by atoms with Gasteiger partial charge in [0.05, 0.1) is 12.5 Å². The number of carboxylic acids is 1. The van der Waals surface area contributed by atoms with Crippen molar-refractivity contribution < 1.29 is 19.4 Å². The van der Waals surface area contributed by atoms with E-state index < -0.39 is 5.97 Å². The normalized spacial score (nSPS) is 26.8. The van der Waals surface area contributed by atoms with Gasteiger partial charge in [0.1, 0.15) is 0 Å². The Labute approximate surface area is 126 Å². The first-order valence-electron chi connectivity index (χ1n) is 7.60. The van der Waals surface area contributed by atoms with Crippen molar-refractivity contribution in [3.8, 4) is 0 Å². The summed E-state index contributed by atoms with van der Waals surface area (Å²) < 4.78 is 5.60. The van der Waals surface area contributed by atoms with Crippen LogP contribution in [0, 0.1) is 11.3 Å². The van der Waals surface area contributed by atoms with Crippen molar-refractivity contribution in [1.29, 1.82) is 0 Å². The molecule has 0 aromatic carbocycles. The number of methoxy groups -OCH3 is 1. The minimum Gasteiger partial charge on any atom is -0.481 e. The maximum absolute atomic E-state index is 12.2. The molecule has 122 valence electrons. The zero-order chi connectivity index (χ0) is 16.2. The molecule has 0 spiro atoms. The van der Waals surface area contributed by atoms with Gasteiger partial charge in [-0.25, -0.2) is 4.79 Å². The van der Waals surface area contributed by atoms with Gasteiger partial charge in [-0.3, -0.25) is 4.79 Å². The number of rotatable bonds is 7. The molecule has 6 nitrogen and oxygen atoms in total. The first kappa shape index (κ1) is 17.8. The number of hydrogen-bond donors (Lipinski definition) is 2. The second kappa shape index (κ2) is 7.11. The fourth-order valence-corrected chi connectivity index (χ4v) is 3.71. The number of amides is 2. The van der Waals surface area contributed by atoms with E-state index in [-0.39, 0.29) is 42.5 Å². The van der Waals surface area contributed by atoms with Crippen molar-refractivity contribution in [1.82, 2.24) is 10.2 Å². The maximum Gasteiger partial charge on any atom is 0.317 e. The highest BCUT2D eigenvalue weighted by atomic mass is 16.5. The fraction of sp³-hybridized carbons (Fsp3) is 0.867. The molecule has 0 aliphatic heterocycles. The zero-order valence-electron chi connectivity index (χ0n) is 13.7. The highest BCUT2D eigenvalue weighted by Gasteiger charge is 2.59. The van der Waals surface area contributed by atoms with E-state index in [1.807, 2.05) is 0 Å². The van der Waals surface area contributed by atoms with Crippen molar-refractivity contribution in [2.45, 2.75) is 52.2 Å². The average molecular weight is 300 g/mol. The Hall–Kier alpha value is -1.30. The first-order chi connectivity index (χ1) is 9.83. The van der Waals surface area contributed by atoms with Crippen molar-refractivity contribution in [3.63, 3.8) is 0 Å². The Morgan fingerprint density at radius 3 is 2.33 bits per heavy atom. The van der Waals surface area contributed by atoms with Crippen molar-refractivity contribution in [3.05, 3.63) is 0 Å². The van der Waals surface area contributed by atoms with Crippen LogP contribution in [0.2, 0.25) is 0 Å². The number of nitrogens with one attached hydrogen (secondary N) is 1. The van der Waals surface area contributed by atoms with Crippen LogP contribution in [0.3, 0.4) is 0 Å². The van der Waals surface area contributed by atoms with Crippen molar-refractivity contribution in [2.75, 3.05) is 20.7 Å². The smallest absolute Gasteiger partial charge is 0.317 e. The third kappa shape index (κ3) is 3.31. The minimum absolute atomic E-state index is 0.0303. The number of aliphatic carboxylic acids is 1. The van der Waals surface area contributed by atoms with E-state index in [0.29, 0.717) is 0 Å². The van der Waals surface area contributed by atoms with Crippen LogP contribution in [-0.2, 0) is 9.53 Å². The standard InChI is InChI=1S/C15H28N2O4/c1-6-15(7-2)12(10(3)13(15)21-5)16-14(20)17(4)9-8-11(18)19/h10,12-13H,6-9H2,1-5H3,(H,16,20)(H,18,19). The molecule has 1 fully saturated rings. The van der Waals surface area contributed by atoms with Crippen LogP contribution in [0.25, 0.3) is 0 Å². The summed E-state index contributed by atoms with van der Waals surface area (Å²) in [6, 6.07) is -0.147. The first-order valence-corrected chi connectivity index (χ1v) is 7.60. The van der Waals surface area contributed by atoms with E-state index in [9.17, 15) is 9.59 Å². The molecule has 1 saturated carbocycles. The van der Waals surface area contributed by atoms with E-state index >= 15 is 0 Å². The molecule has 2 amide bonds. The third-order valence-corrected chi connectivity index (χ3v) is 5.05. The highest BCUT2D eigenvalue weighted by Crippen LogP contribution is 2.52. The van der Waals surface area contributed by atoms with E-state index in [0.717, 1.165) is 12.8 Å². The molecule has 0 bridgehead atoms. The fourth-order valence-electron chi connectivity index (χ4n) is 3.71. The molecule has 0 saturated heterocycles. The van der Waals surface area contributed by atoms with Gasteiger partial charge in [0.15, 0.2) is 0 Å². The molecule has 6 heteroatoms. The van der Waals surface area contributed by atoms with Gasteiger partial charge in [0, 0.05) is 38.1 Å². The highest BCUT2D eigenvalue weighted by molar-refractivity contribution is 5.75. The number of ether oxygens (including phenoxy) is 1. The molecule has 0 radical (unpaired) electrons. The Morgan fingerprint density at radius 1 is 1.33 bits per heavy atom. The van der Waals surface area contributed by atoms with Crippen LogP contribution >= 0.6 is 0 Å². The lowest BCUT2D eigenvalue weighted by Crippen LogP contribution is -2.70. The summed E-state index contributed by atoms with van der Waals surface area (Å²) in [7, 11) is 3.34. The molecule has 1 aliphatic carbocycles. The Morgan fingerprint density at radius 2 is 1.90 bits per heavy atom. The van der Waals surface area contributed by atoms with Crippen LogP contribution in [0.1, 0.15) is 40.0 Å². The quantitative estimate of drug-likeness (QED) is 0.753. The van der Waals surface area contributed by atoms with Gasteiger partial charge < -0.3 is 20.1 Å². The topological polar surface area (TPSA) is 78.9 Å². The van der Waals surface area contributed by atoms with Gasteiger partial charge in [0.25, 0.3) is 0 Å². The lowest BCUT2D eigenvalue weighted by Gasteiger charge is -2.59. The summed E-state index contributed by atoms with van der Waals surface area (Å²) >= 11 is 0. The van der Waals surface area contributed by atoms with Crippen molar-refractivity contribution in [2.24, 2.45) is 11.3 Å². The molecule has 0 heterocycles. The molecule has 1 rings (SSSR count). The summed E-state index contributed by atoms with van der Waals surface area (Å²) in [6.45, 7) is 6.53. The predicted molar refractivity (Wildman–Crippen MR) is 80.2 cm³/mol. The summed E-state index contributed by atoms with van der Waals surface area (Å²) in [5, 5.41) is 11.7. The van der Waals surface area contributed by atoms with Crippen LogP contribution in [0.15, 0.2) is 0 Å². The summed E-state index contributed by atoms with van der Waals surface area (Å²) in [5.74, 6) is -0.644. The number of nitrogens with zero attached hydrogens (tertiary/aromatic N) is 1. The van der Waals surface area contributed by atoms with Gasteiger partial charge >= 0.3 is 12.0 Å². The predicted octanol–water partition coefficient (Wildman–Crippen LogP) is 1.94. The molecule has 1 aliphatic rings. The Kier molecular flexibility index (Phi) is 6.01. The number of urea groups is 1. The van der Waals surface area contributed by atoms with E-state index in [4.69, 9.17) is 9.84 Å². The second-order valence-electron chi connectivity index (χ2n) is 5.95. The molecule has 0 aromatic rings. The monoisotopic (exact) mass is 300 g/mol. The Bertz CT molecular complexity index is 382. The largest absolute Gasteiger partial charge is 0.481 e. The van der Waals surface area contributed by atoms with Gasteiger partial charge in [0.2, 0.25) is 0 Å². The van der Waals surface area contributed by atoms with Crippen LogP contribution in [-0.4, -0.2) is 54.9 Å². The summed E-state index contributed by atoms with van der Waals surface area (Å²) in [6.07, 6.45) is 1.99. The second-order valence-corrected chi connectivity index (χ2v) is 5.95. The van der Waals surface area contributed by atoms with Gasteiger partial charge in [-0.2, -0.15) is 0 Å². The van der Waals surface area contributed by atoms with Crippen molar-refractivity contribution >= 4 is 12.0 Å². The minimum atomic E-state index is -0.900. The molecule has 21 heavy (non-hydrogen) atoms. The molecule has 3 atom stereocenters. The lowest BCUT2D eigenvalue weighted by molar-refractivity contribution is -0.164. The van der Waals surface area contributed by atoms with Gasteiger partial charge in [-0.1, -0.05) is 20.8 Å². The van der Waals surface area contributed by atoms with E-state index in [2.05, 4.69) is 26.1 Å². The third-order valence-electron chi connectivity index (χ3n) is 5.05. The molecule has 3 unspecified atom stereocenters. The average Bonchev–Trinajstić information content (AvgIpc) is 2.46. The summed E-state index contributed by atoms with van der Waals surface area (Å²) in [5.41, 5.74) is -0.0303. The number of carbonyl (C=O) groups excluding carboxylic acids is 1. The number of carbonyl (C=O) groups is 2. The Balaban J connectivity index is 2.68. The van der Waals surface area contributed by atoms with Crippen LogP contribution in [0.5, 0.6) is 0 Å². The SMILES string of the molecule is CCC1(CC)C(NC(=O)N(C)CCC(=O)O)C(C)C1OC. The summed E-state index contributed by atoms with van der Waals surface area (Å²) in [4.78, 5) is 24.2. The zero-order valence-corrected chi connectivity index (χ0v) is 13.7. The molecular formula is C15H28N2O4. The van der Waals surface area contributed by atoms with Crippen LogP contribution in [0.4, 0.5) is 4.79 Å². The molecular weight excluding hydrogens is 272 g/mol. The number of carboxylic acid groups (broad SMARTS) is 1. The van der Waals surface area contributed by atoms with Crippen LogP contribution < -0.4 is 5.32 Å². The van der Waals surface area contributed by atoms with E-state index in [1.165, 1.54) is 4.90 Å². The maximum atomic E-state index is 12.2. The number of hydrogen-bond acceptors (Lipinski definition) is 3.